The Morgan fingerprint density at radius 1 is 1.40 bits per heavy atom. The Hall–Kier alpha value is -1.63. The fourth-order valence-electron chi connectivity index (χ4n) is 1.95. The predicted molar refractivity (Wildman–Crippen MR) is 65.1 cm³/mol. The summed E-state index contributed by atoms with van der Waals surface area (Å²) in [6, 6.07) is 3.22. The van der Waals surface area contributed by atoms with Crippen molar-refractivity contribution in [1.29, 1.82) is 0 Å². The SMILES string of the molecule is O=C(O)N[C@H]1C[C@H](Oc2cccc(C(F)(F)F)c2Cl)C1. The lowest BCUT2D eigenvalue weighted by Crippen LogP contribution is -2.48. The minimum Gasteiger partial charge on any atom is -0.489 e. The molecule has 110 valence electrons. The van der Waals surface area contributed by atoms with Crippen molar-refractivity contribution in [1.82, 2.24) is 5.32 Å². The first kappa shape index (κ1) is 14.8. The van der Waals surface area contributed by atoms with E-state index in [1.807, 2.05) is 0 Å². The molecule has 4 nitrogen and oxygen atoms in total. The number of ether oxygens (including phenoxy) is 1. The van der Waals surface area contributed by atoms with Gasteiger partial charge in [0.1, 0.15) is 11.9 Å². The first-order valence-electron chi connectivity index (χ1n) is 5.79. The quantitative estimate of drug-likeness (QED) is 0.898. The van der Waals surface area contributed by atoms with Crippen molar-refractivity contribution in [3.05, 3.63) is 28.8 Å². The number of hydrogen-bond acceptors (Lipinski definition) is 2. The van der Waals surface area contributed by atoms with Crippen molar-refractivity contribution in [2.24, 2.45) is 0 Å². The minimum absolute atomic E-state index is 0.0414. The third-order valence-corrected chi connectivity index (χ3v) is 3.37. The van der Waals surface area contributed by atoms with Crippen LogP contribution in [0.1, 0.15) is 18.4 Å². The fourth-order valence-corrected chi connectivity index (χ4v) is 2.23. The summed E-state index contributed by atoms with van der Waals surface area (Å²) < 4.78 is 43.3. The zero-order chi connectivity index (χ0) is 14.9. The molecule has 1 fully saturated rings. The second-order valence-corrected chi connectivity index (χ2v) is 4.85. The van der Waals surface area contributed by atoms with Gasteiger partial charge >= 0.3 is 12.3 Å². The van der Waals surface area contributed by atoms with Crippen LogP contribution in [0, 0.1) is 0 Å². The summed E-state index contributed by atoms with van der Waals surface area (Å²) in [5, 5.41) is 10.3. The van der Waals surface area contributed by atoms with Gasteiger partial charge < -0.3 is 15.2 Å². The molecular formula is C12H11ClF3NO3. The zero-order valence-electron chi connectivity index (χ0n) is 10.1. The van der Waals surface area contributed by atoms with Crippen LogP contribution in [0.4, 0.5) is 18.0 Å². The van der Waals surface area contributed by atoms with Gasteiger partial charge in [-0.3, -0.25) is 0 Å². The van der Waals surface area contributed by atoms with Gasteiger partial charge in [-0.05, 0) is 12.1 Å². The van der Waals surface area contributed by atoms with E-state index in [1.165, 1.54) is 12.1 Å². The molecule has 0 heterocycles. The van der Waals surface area contributed by atoms with Gasteiger partial charge in [-0.1, -0.05) is 17.7 Å². The third kappa shape index (κ3) is 3.27. The van der Waals surface area contributed by atoms with Crippen LogP contribution >= 0.6 is 11.6 Å². The lowest BCUT2D eigenvalue weighted by molar-refractivity contribution is -0.137. The highest BCUT2D eigenvalue weighted by Crippen LogP contribution is 2.40. The summed E-state index contributed by atoms with van der Waals surface area (Å²) in [4.78, 5) is 10.4. The number of amides is 1. The number of halogens is 4. The molecule has 1 aliphatic rings. The largest absolute Gasteiger partial charge is 0.489 e. The van der Waals surface area contributed by atoms with Crippen LogP contribution < -0.4 is 10.1 Å². The Balaban J connectivity index is 2.00. The van der Waals surface area contributed by atoms with Gasteiger partial charge in [-0.15, -0.1) is 0 Å². The second-order valence-electron chi connectivity index (χ2n) is 4.47. The molecule has 2 N–H and O–H groups in total. The number of carboxylic acid groups (broad SMARTS) is 1. The van der Waals surface area contributed by atoms with E-state index in [-0.39, 0.29) is 17.9 Å². The van der Waals surface area contributed by atoms with Crippen LogP contribution in [-0.4, -0.2) is 23.3 Å². The molecule has 0 saturated heterocycles. The molecular weight excluding hydrogens is 299 g/mol. The fraction of sp³-hybridized carbons (Fsp3) is 0.417. The Bertz CT molecular complexity index is 515. The van der Waals surface area contributed by atoms with Crippen molar-refractivity contribution >= 4 is 17.7 Å². The van der Waals surface area contributed by atoms with E-state index in [1.54, 1.807) is 0 Å². The first-order chi connectivity index (χ1) is 9.27. The maximum Gasteiger partial charge on any atom is 0.417 e. The van der Waals surface area contributed by atoms with E-state index >= 15 is 0 Å². The van der Waals surface area contributed by atoms with Crippen molar-refractivity contribution in [2.75, 3.05) is 0 Å². The van der Waals surface area contributed by atoms with Gasteiger partial charge in [-0.2, -0.15) is 13.2 Å². The highest BCUT2D eigenvalue weighted by molar-refractivity contribution is 6.32. The molecule has 0 aromatic heterocycles. The average Bonchev–Trinajstić information content (AvgIpc) is 2.26. The van der Waals surface area contributed by atoms with Crippen molar-refractivity contribution in [3.8, 4) is 5.75 Å². The Morgan fingerprint density at radius 3 is 2.60 bits per heavy atom. The molecule has 1 saturated carbocycles. The van der Waals surface area contributed by atoms with Crippen molar-refractivity contribution in [2.45, 2.75) is 31.2 Å². The topological polar surface area (TPSA) is 58.6 Å². The molecule has 8 heteroatoms. The first-order valence-corrected chi connectivity index (χ1v) is 6.17. The Labute approximate surface area is 117 Å². The van der Waals surface area contributed by atoms with E-state index in [9.17, 15) is 18.0 Å². The summed E-state index contributed by atoms with van der Waals surface area (Å²) >= 11 is 5.68. The van der Waals surface area contributed by atoms with Crippen LogP contribution in [0.25, 0.3) is 0 Å². The third-order valence-electron chi connectivity index (χ3n) is 2.98. The number of rotatable bonds is 3. The van der Waals surface area contributed by atoms with Gasteiger partial charge in [0.05, 0.1) is 10.6 Å². The Morgan fingerprint density at radius 2 is 2.05 bits per heavy atom. The summed E-state index contributed by atoms with van der Waals surface area (Å²) in [6.45, 7) is 0. The minimum atomic E-state index is -4.54. The molecule has 0 bridgehead atoms. The molecule has 1 aromatic rings. The van der Waals surface area contributed by atoms with Gasteiger partial charge in [0.25, 0.3) is 0 Å². The van der Waals surface area contributed by atoms with Crippen LogP contribution in [0.15, 0.2) is 18.2 Å². The van der Waals surface area contributed by atoms with E-state index in [4.69, 9.17) is 21.4 Å². The number of alkyl halides is 3. The Kier molecular flexibility index (Phi) is 3.99. The maximum atomic E-state index is 12.7. The van der Waals surface area contributed by atoms with Gasteiger partial charge in [0.15, 0.2) is 0 Å². The summed E-state index contributed by atoms with van der Waals surface area (Å²) in [7, 11) is 0. The van der Waals surface area contributed by atoms with Crippen LogP contribution in [0.2, 0.25) is 5.02 Å². The molecule has 2 rings (SSSR count). The lowest BCUT2D eigenvalue weighted by atomic mass is 9.89. The lowest BCUT2D eigenvalue weighted by Gasteiger charge is -2.35. The molecule has 1 aromatic carbocycles. The summed E-state index contributed by atoms with van der Waals surface area (Å²) in [6.07, 6.45) is -5.21. The molecule has 0 unspecified atom stereocenters. The monoisotopic (exact) mass is 309 g/mol. The van der Waals surface area contributed by atoms with E-state index in [0.717, 1.165) is 6.07 Å². The summed E-state index contributed by atoms with van der Waals surface area (Å²) in [5.74, 6) is -0.0414. The molecule has 0 aliphatic heterocycles. The van der Waals surface area contributed by atoms with Gasteiger partial charge in [-0.25, -0.2) is 4.79 Å². The normalized spacial score (nSPS) is 22.0. The molecule has 1 amide bonds. The van der Waals surface area contributed by atoms with Gasteiger partial charge in [0, 0.05) is 18.9 Å². The van der Waals surface area contributed by atoms with Crippen molar-refractivity contribution < 1.29 is 27.8 Å². The van der Waals surface area contributed by atoms with Crippen molar-refractivity contribution in [3.63, 3.8) is 0 Å². The molecule has 0 spiro atoms. The van der Waals surface area contributed by atoms with Gasteiger partial charge in [0.2, 0.25) is 0 Å². The molecule has 20 heavy (non-hydrogen) atoms. The second kappa shape index (κ2) is 5.40. The smallest absolute Gasteiger partial charge is 0.417 e. The highest BCUT2D eigenvalue weighted by Gasteiger charge is 2.36. The van der Waals surface area contributed by atoms with E-state index in [0.29, 0.717) is 12.8 Å². The number of hydrogen-bond donors (Lipinski definition) is 2. The van der Waals surface area contributed by atoms with E-state index in [2.05, 4.69) is 5.32 Å². The number of nitrogens with one attached hydrogen (secondary N) is 1. The number of benzene rings is 1. The highest BCUT2D eigenvalue weighted by atomic mass is 35.5. The molecule has 1 aliphatic carbocycles. The van der Waals surface area contributed by atoms with Crippen LogP contribution in [0.3, 0.4) is 0 Å². The average molecular weight is 310 g/mol. The molecule has 0 radical (unpaired) electrons. The predicted octanol–water partition coefficient (Wildman–Crippen LogP) is 3.54. The number of carbonyl (C=O) groups is 1. The standard InChI is InChI=1S/C12H11ClF3NO3/c13-10-8(12(14,15)16)2-1-3-9(10)20-7-4-6(5-7)17-11(18)19/h1-3,6-7,17H,4-5H2,(H,18,19)/t6-,7-. The van der Waals surface area contributed by atoms with Crippen LogP contribution in [-0.2, 0) is 6.18 Å². The maximum absolute atomic E-state index is 12.7. The van der Waals surface area contributed by atoms with E-state index < -0.39 is 22.9 Å². The molecule has 0 atom stereocenters. The van der Waals surface area contributed by atoms with Crippen LogP contribution in [0.5, 0.6) is 5.75 Å². The zero-order valence-corrected chi connectivity index (χ0v) is 10.8. The summed E-state index contributed by atoms with van der Waals surface area (Å²) in [5.41, 5.74) is -0.948.